The van der Waals surface area contributed by atoms with Crippen molar-refractivity contribution in [2.45, 2.75) is 39.2 Å². The van der Waals surface area contributed by atoms with Crippen LogP contribution in [0.4, 0.5) is 4.39 Å². The summed E-state index contributed by atoms with van der Waals surface area (Å²) in [5.74, 6) is -0.827. The molecule has 4 heteroatoms. The first-order valence-corrected chi connectivity index (χ1v) is 7.61. The minimum absolute atomic E-state index is 0.0880. The van der Waals surface area contributed by atoms with E-state index >= 15 is 0 Å². The smallest absolute Gasteiger partial charge is 0.227 e. The Morgan fingerprint density at radius 2 is 2.00 bits per heavy atom. The number of carbonyl (C=O) groups is 1. The highest BCUT2D eigenvalue weighted by Gasteiger charge is 2.18. The largest absolute Gasteiger partial charge is 0.351 e. The Labute approximate surface area is 130 Å². The van der Waals surface area contributed by atoms with Crippen molar-refractivity contribution >= 4 is 5.91 Å². The zero-order valence-electron chi connectivity index (χ0n) is 13.0. The van der Waals surface area contributed by atoms with E-state index in [0.717, 1.165) is 17.5 Å². The van der Waals surface area contributed by atoms with E-state index in [1.165, 1.54) is 6.20 Å². The fourth-order valence-corrected chi connectivity index (χ4v) is 2.42. The third kappa shape index (κ3) is 3.91. The molecule has 0 radical (unpaired) electrons. The molecule has 2 aromatic rings. The Kier molecular flexibility index (Phi) is 5.64. The Morgan fingerprint density at radius 3 is 2.64 bits per heavy atom. The fraction of sp³-hybridized carbons (Fsp3) is 0.333. The quantitative estimate of drug-likeness (QED) is 0.828. The van der Waals surface area contributed by atoms with Gasteiger partial charge in [0, 0.05) is 18.3 Å². The van der Waals surface area contributed by atoms with Gasteiger partial charge in [-0.1, -0.05) is 44.2 Å². The maximum absolute atomic E-state index is 13.7. The first-order valence-electron chi connectivity index (χ1n) is 7.61. The van der Waals surface area contributed by atoms with Crippen molar-refractivity contribution in [1.82, 2.24) is 10.3 Å². The Morgan fingerprint density at radius 1 is 1.27 bits per heavy atom. The first kappa shape index (κ1) is 16.1. The van der Waals surface area contributed by atoms with Gasteiger partial charge in [0.1, 0.15) is 0 Å². The molecule has 1 atom stereocenters. The Balaban J connectivity index is 2.06. The average molecular weight is 300 g/mol. The highest BCUT2D eigenvalue weighted by molar-refractivity contribution is 5.83. The number of aryl methyl sites for hydroxylation is 1. The number of carbonyl (C=O) groups excluding carboxylic acids is 1. The van der Waals surface area contributed by atoms with Gasteiger partial charge in [0.25, 0.3) is 0 Å². The van der Waals surface area contributed by atoms with E-state index in [9.17, 15) is 9.18 Å². The molecule has 1 heterocycles. The third-order valence-electron chi connectivity index (χ3n) is 3.76. The summed E-state index contributed by atoms with van der Waals surface area (Å²) in [5.41, 5.74) is 2.36. The molecule has 0 spiro atoms. The molecule has 0 saturated heterocycles. The molecule has 22 heavy (non-hydrogen) atoms. The molecular formula is C18H21FN2O. The molecule has 1 N–H and O–H groups in total. The van der Waals surface area contributed by atoms with Crippen LogP contribution < -0.4 is 5.32 Å². The lowest BCUT2D eigenvalue weighted by Gasteiger charge is -2.15. The molecule has 0 fully saturated rings. The van der Waals surface area contributed by atoms with Crippen molar-refractivity contribution in [3.05, 3.63) is 65.2 Å². The second-order valence-corrected chi connectivity index (χ2v) is 5.24. The van der Waals surface area contributed by atoms with Crippen LogP contribution >= 0.6 is 0 Å². The number of aromatic nitrogens is 1. The van der Waals surface area contributed by atoms with Crippen LogP contribution in [0.5, 0.6) is 0 Å². The maximum Gasteiger partial charge on any atom is 0.227 e. The van der Waals surface area contributed by atoms with Gasteiger partial charge < -0.3 is 5.32 Å². The molecule has 0 bridgehead atoms. The van der Waals surface area contributed by atoms with Gasteiger partial charge in [0.15, 0.2) is 0 Å². The van der Waals surface area contributed by atoms with Crippen LogP contribution in [-0.4, -0.2) is 10.9 Å². The van der Waals surface area contributed by atoms with Crippen LogP contribution in [0.15, 0.2) is 42.6 Å². The van der Waals surface area contributed by atoms with Crippen molar-refractivity contribution < 1.29 is 9.18 Å². The number of rotatable bonds is 6. The highest BCUT2D eigenvalue weighted by Crippen LogP contribution is 2.19. The molecule has 1 amide bonds. The summed E-state index contributed by atoms with van der Waals surface area (Å²) in [6, 6.07) is 11.4. The zero-order chi connectivity index (χ0) is 15.9. The van der Waals surface area contributed by atoms with Gasteiger partial charge in [-0.25, -0.2) is 4.98 Å². The number of hydrogen-bond donors (Lipinski definition) is 1. The fourth-order valence-electron chi connectivity index (χ4n) is 2.42. The molecule has 1 unspecified atom stereocenters. The summed E-state index contributed by atoms with van der Waals surface area (Å²) < 4.78 is 13.7. The number of nitrogens with one attached hydrogen (secondary N) is 1. The molecular weight excluding hydrogens is 279 g/mol. The monoisotopic (exact) mass is 300 g/mol. The summed E-state index contributed by atoms with van der Waals surface area (Å²) in [7, 11) is 0. The number of benzene rings is 1. The average Bonchev–Trinajstić information content (AvgIpc) is 2.56. The van der Waals surface area contributed by atoms with Crippen molar-refractivity contribution in [2.75, 3.05) is 0 Å². The van der Waals surface area contributed by atoms with Gasteiger partial charge in [0.05, 0.1) is 5.92 Å². The molecule has 1 aromatic carbocycles. The minimum Gasteiger partial charge on any atom is -0.351 e. The number of hydrogen-bond acceptors (Lipinski definition) is 2. The summed E-state index contributed by atoms with van der Waals surface area (Å²) >= 11 is 0. The Bertz CT molecular complexity index is 628. The Hall–Kier alpha value is -2.23. The van der Waals surface area contributed by atoms with Crippen LogP contribution in [0, 0.1) is 5.95 Å². The second-order valence-electron chi connectivity index (χ2n) is 5.24. The van der Waals surface area contributed by atoms with Gasteiger partial charge in [-0.15, -0.1) is 0 Å². The predicted molar refractivity (Wildman–Crippen MR) is 84.9 cm³/mol. The van der Waals surface area contributed by atoms with Crippen LogP contribution in [0.2, 0.25) is 0 Å². The third-order valence-corrected chi connectivity index (χ3v) is 3.76. The van der Waals surface area contributed by atoms with E-state index in [0.29, 0.717) is 12.0 Å². The lowest BCUT2D eigenvalue weighted by atomic mass is 9.95. The van der Waals surface area contributed by atoms with Crippen molar-refractivity contribution in [1.29, 1.82) is 0 Å². The van der Waals surface area contributed by atoms with Crippen molar-refractivity contribution in [2.24, 2.45) is 0 Å². The molecule has 0 saturated carbocycles. The molecule has 0 aliphatic heterocycles. The topological polar surface area (TPSA) is 42.0 Å². The molecule has 0 aliphatic carbocycles. The van der Waals surface area contributed by atoms with E-state index in [1.54, 1.807) is 6.07 Å². The van der Waals surface area contributed by atoms with Crippen molar-refractivity contribution in [3.63, 3.8) is 0 Å². The maximum atomic E-state index is 13.7. The van der Waals surface area contributed by atoms with Gasteiger partial charge in [0.2, 0.25) is 11.9 Å². The lowest BCUT2D eigenvalue weighted by Crippen LogP contribution is -2.29. The predicted octanol–water partition coefficient (Wildman–Crippen LogP) is 3.59. The molecule has 2 rings (SSSR count). The second kappa shape index (κ2) is 7.69. The lowest BCUT2D eigenvalue weighted by molar-refractivity contribution is -0.122. The van der Waals surface area contributed by atoms with Gasteiger partial charge in [-0.2, -0.15) is 4.39 Å². The zero-order valence-corrected chi connectivity index (χ0v) is 13.0. The summed E-state index contributed by atoms with van der Waals surface area (Å²) in [4.78, 5) is 16.1. The van der Waals surface area contributed by atoms with Gasteiger partial charge in [-0.05, 0) is 30.0 Å². The van der Waals surface area contributed by atoms with Crippen LogP contribution in [0.3, 0.4) is 0 Å². The number of nitrogens with zero attached hydrogens (tertiary/aromatic N) is 1. The summed E-state index contributed by atoms with van der Waals surface area (Å²) in [6.07, 6.45) is 3.01. The van der Waals surface area contributed by atoms with Gasteiger partial charge >= 0.3 is 0 Å². The van der Waals surface area contributed by atoms with E-state index < -0.39 is 5.95 Å². The molecule has 3 nitrogen and oxygen atoms in total. The first-order chi connectivity index (χ1) is 10.7. The van der Waals surface area contributed by atoms with Crippen molar-refractivity contribution in [3.8, 4) is 0 Å². The molecule has 1 aromatic heterocycles. The minimum atomic E-state index is -0.523. The SMILES string of the molecule is CCc1cnc(F)c(CNC(=O)C(CC)c2ccccc2)c1. The van der Waals surface area contributed by atoms with Crippen LogP contribution in [-0.2, 0) is 17.8 Å². The number of halogens is 1. The van der Waals surface area contributed by atoms with E-state index in [2.05, 4.69) is 10.3 Å². The molecule has 116 valence electrons. The van der Waals surface area contributed by atoms with Crippen LogP contribution in [0.1, 0.15) is 42.9 Å². The van der Waals surface area contributed by atoms with Gasteiger partial charge in [-0.3, -0.25) is 4.79 Å². The normalized spacial score (nSPS) is 12.0. The standard InChI is InChI=1S/C18H21FN2O/c1-3-13-10-15(17(19)20-11-13)12-21-18(22)16(4-2)14-8-6-5-7-9-14/h5-11,16H,3-4,12H2,1-2H3,(H,21,22). The highest BCUT2D eigenvalue weighted by atomic mass is 19.1. The summed E-state index contributed by atoms with van der Waals surface area (Å²) in [5, 5.41) is 2.82. The van der Waals surface area contributed by atoms with E-state index in [1.807, 2.05) is 44.2 Å². The molecule has 0 aliphatic rings. The number of pyridine rings is 1. The van der Waals surface area contributed by atoms with Crippen LogP contribution in [0.25, 0.3) is 0 Å². The van der Waals surface area contributed by atoms with E-state index in [-0.39, 0.29) is 18.4 Å². The summed E-state index contributed by atoms with van der Waals surface area (Å²) in [6.45, 7) is 4.12. The number of amides is 1. The van der Waals surface area contributed by atoms with E-state index in [4.69, 9.17) is 0 Å².